The topological polar surface area (TPSA) is 59.0 Å². The lowest BCUT2D eigenvalue weighted by Gasteiger charge is -2.13. The molecule has 5 nitrogen and oxygen atoms in total. The number of nitrogens with zero attached hydrogens (tertiary/aromatic N) is 2. The summed E-state index contributed by atoms with van der Waals surface area (Å²) in [5.74, 6) is -0.643. The van der Waals surface area contributed by atoms with Gasteiger partial charge < -0.3 is 4.74 Å². The minimum atomic E-state index is -0.342. The molecule has 2 bridgehead atoms. The van der Waals surface area contributed by atoms with Crippen molar-refractivity contribution < 1.29 is 18.7 Å². The van der Waals surface area contributed by atoms with Crippen molar-refractivity contribution in [2.75, 3.05) is 0 Å². The van der Waals surface area contributed by atoms with Crippen molar-refractivity contribution in [3.05, 3.63) is 76.6 Å². The van der Waals surface area contributed by atoms with Crippen molar-refractivity contribution >= 4 is 29.6 Å². The van der Waals surface area contributed by atoms with Gasteiger partial charge in [-0.25, -0.2) is 4.39 Å². The zero-order chi connectivity index (χ0) is 20.8. The first kappa shape index (κ1) is 19.0. The fourth-order valence-corrected chi connectivity index (χ4v) is 4.85. The summed E-state index contributed by atoms with van der Waals surface area (Å²) < 4.78 is 19.3. The third-order valence-corrected chi connectivity index (χ3v) is 6.36. The van der Waals surface area contributed by atoms with Crippen LogP contribution in [0, 0.1) is 29.5 Å². The predicted molar refractivity (Wildman–Crippen MR) is 109 cm³/mol. The van der Waals surface area contributed by atoms with E-state index in [-0.39, 0.29) is 47.9 Å². The van der Waals surface area contributed by atoms with E-state index in [1.165, 1.54) is 12.3 Å². The number of hydrazone groups is 1. The molecule has 7 heteroatoms. The summed E-state index contributed by atoms with van der Waals surface area (Å²) in [7, 11) is 0. The quantitative estimate of drug-likeness (QED) is 0.410. The number of imide groups is 1. The first-order valence-electron chi connectivity index (χ1n) is 9.79. The molecule has 1 aliphatic heterocycles. The summed E-state index contributed by atoms with van der Waals surface area (Å²) in [5, 5.41) is 5.47. The Morgan fingerprint density at radius 1 is 1.10 bits per heavy atom. The average Bonchev–Trinajstić information content (AvgIpc) is 3.41. The zero-order valence-corrected chi connectivity index (χ0v) is 16.6. The lowest BCUT2D eigenvalue weighted by molar-refractivity contribution is -0.140. The Balaban J connectivity index is 1.27. The number of benzene rings is 2. The molecule has 1 saturated carbocycles. The molecule has 1 saturated heterocycles. The van der Waals surface area contributed by atoms with Crippen molar-refractivity contribution in [2.45, 2.75) is 13.0 Å². The Morgan fingerprint density at radius 2 is 1.80 bits per heavy atom. The van der Waals surface area contributed by atoms with Crippen LogP contribution in [0.3, 0.4) is 0 Å². The van der Waals surface area contributed by atoms with Gasteiger partial charge in [-0.3, -0.25) is 9.59 Å². The van der Waals surface area contributed by atoms with Crippen LogP contribution in [0.5, 0.6) is 5.75 Å². The van der Waals surface area contributed by atoms with Crippen molar-refractivity contribution in [2.24, 2.45) is 28.8 Å². The molecule has 0 aromatic heterocycles. The molecule has 30 heavy (non-hydrogen) atoms. The second-order valence-electron chi connectivity index (χ2n) is 7.80. The number of rotatable bonds is 5. The van der Waals surface area contributed by atoms with Gasteiger partial charge in [-0.1, -0.05) is 42.0 Å². The standard InChI is InChI=1S/C23H18ClFN2O3/c24-17-9-13(5-8-19(17)30-12-16-3-1-2-4-18(16)25)11-26-27-22(28)20-14-6-7-15(10-14)21(20)23(27)29/h1-9,11,14-15,20-21H,10,12H2/t14-,15-,20-,21+/m0/s1. The Kier molecular flexibility index (Phi) is 4.66. The van der Waals surface area contributed by atoms with Crippen LogP contribution in [0.1, 0.15) is 17.5 Å². The number of ether oxygens (including phenoxy) is 1. The molecule has 0 spiro atoms. The van der Waals surface area contributed by atoms with E-state index in [1.54, 1.807) is 36.4 Å². The van der Waals surface area contributed by atoms with E-state index < -0.39 is 0 Å². The van der Waals surface area contributed by atoms with Crippen LogP contribution in [0.4, 0.5) is 4.39 Å². The highest BCUT2D eigenvalue weighted by Gasteiger charge is 2.59. The van der Waals surface area contributed by atoms with Crippen molar-refractivity contribution in [3.63, 3.8) is 0 Å². The van der Waals surface area contributed by atoms with E-state index in [9.17, 15) is 14.0 Å². The number of carbonyl (C=O) groups is 2. The van der Waals surface area contributed by atoms with Gasteiger partial charge in [0.05, 0.1) is 23.1 Å². The van der Waals surface area contributed by atoms with Gasteiger partial charge in [0.1, 0.15) is 18.2 Å². The molecule has 0 unspecified atom stereocenters. The van der Waals surface area contributed by atoms with Gasteiger partial charge >= 0.3 is 0 Å². The number of carbonyl (C=O) groups excluding carboxylic acids is 2. The van der Waals surface area contributed by atoms with Crippen LogP contribution in [0.2, 0.25) is 5.02 Å². The summed E-state index contributed by atoms with van der Waals surface area (Å²) in [6.07, 6.45) is 6.42. The first-order valence-corrected chi connectivity index (χ1v) is 10.2. The van der Waals surface area contributed by atoms with E-state index in [1.807, 2.05) is 12.2 Å². The molecule has 0 N–H and O–H groups in total. The highest BCUT2D eigenvalue weighted by atomic mass is 35.5. The molecule has 152 valence electrons. The maximum atomic E-state index is 13.7. The Labute approximate surface area is 177 Å². The predicted octanol–water partition coefficient (Wildman–Crippen LogP) is 4.20. The second-order valence-corrected chi connectivity index (χ2v) is 8.21. The maximum Gasteiger partial charge on any atom is 0.254 e. The molecule has 0 radical (unpaired) electrons. The molecule has 2 aliphatic carbocycles. The van der Waals surface area contributed by atoms with Gasteiger partial charge in [0.25, 0.3) is 11.8 Å². The molecule has 5 rings (SSSR count). The molecular formula is C23H18ClFN2O3. The van der Waals surface area contributed by atoms with Crippen LogP contribution in [0.15, 0.2) is 59.7 Å². The number of amides is 2. The normalized spacial score (nSPS) is 26.8. The highest BCUT2D eigenvalue weighted by Crippen LogP contribution is 2.52. The van der Waals surface area contributed by atoms with Crippen LogP contribution in [-0.4, -0.2) is 23.0 Å². The van der Waals surface area contributed by atoms with Gasteiger partial charge in [-0.15, -0.1) is 0 Å². The third kappa shape index (κ3) is 3.12. The lowest BCUT2D eigenvalue weighted by atomic mass is 9.85. The number of halogens is 2. The maximum absolute atomic E-state index is 13.7. The van der Waals surface area contributed by atoms with Crippen LogP contribution in [0.25, 0.3) is 0 Å². The van der Waals surface area contributed by atoms with Crippen molar-refractivity contribution in [3.8, 4) is 5.75 Å². The van der Waals surface area contributed by atoms with E-state index in [2.05, 4.69) is 5.10 Å². The Bertz CT molecular complexity index is 1070. The van der Waals surface area contributed by atoms with Gasteiger partial charge in [0.15, 0.2) is 0 Å². The van der Waals surface area contributed by atoms with E-state index in [0.29, 0.717) is 21.9 Å². The van der Waals surface area contributed by atoms with Gasteiger partial charge in [-0.2, -0.15) is 10.1 Å². The Morgan fingerprint density at radius 3 is 2.47 bits per heavy atom. The van der Waals surface area contributed by atoms with Crippen LogP contribution in [-0.2, 0) is 16.2 Å². The minimum absolute atomic E-state index is 0.0513. The molecule has 2 amide bonds. The fraction of sp³-hybridized carbons (Fsp3) is 0.261. The average molecular weight is 425 g/mol. The van der Waals surface area contributed by atoms with Gasteiger partial charge in [0, 0.05) is 5.56 Å². The largest absolute Gasteiger partial charge is 0.487 e. The van der Waals surface area contributed by atoms with Crippen LogP contribution >= 0.6 is 11.6 Å². The van der Waals surface area contributed by atoms with Crippen molar-refractivity contribution in [1.82, 2.24) is 5.01 Å². The molecule has 2 aromatic carbocycles. The summed E-state index contributed by atoms with van der Waals surface area (Å²) in [4.78, 5) is 25.3. The van der Waals surface area contributed by atoms with E-state index in [0.717, 1.165) is 11.4 Å². The second kappa shape index (κ2) is 7.36. The molecule has 2 fully saturated rings. The fourth-order valence-electron chi connectivity index (χ4n) is 4.61. The third-order valence-electron chi connectivity index (χ3n) is 6.07. The molecule has 3 aliphatic rings. The molecular weight excluding hydrogens is 407 g/mol. The summed E-state index contributed by atoms with van der Waals surface area (Å²) in [6, 6.07) is 11.4. The number of allylic oxidation sites excluding steroid dienone is 2. The SMILES string of the molecule is O=C1[C@@H]2[C@H](C(=O)N1N=Cc1ccc(OCc3ccccc3F)c(Cl)c1)[C@H]1C=C[C@H]2C1. The number of hydrogen-bond donors (Lipinski definition) is 0. The Hall–Kier alpha value is -2.99. The lowest BCUT2D eigenvalue weighted by Crippen LogP contribution is -2.28. The molecule has 2 aromatic rings. The zero-order valence-electron chi connectivity index (χ0n) is 15.9. The number of fused-ring (bicyclic) bond motifs is 5. The van der Waals surface area contributed by atoms with Crippen molar-refractivity contribution in [1.29, 1.82) is 0 Å². The van der Waals surface area contributed by atoms with Gasteiger partial charge in [-0.05, 0) is 48.1 Å². The van der Waals surface area contributed by atoms with Crippen LogP contribution < -0.4 is 4.74 Å². The summed E-state index contributed by atoms with van der Waals surface area (Å²) in [5.41, 5.74) is 1.05. The van der Waals surface area contributed by atoms with E-state index >= 15 is 0 Å². The smallest absolute Gasteiger partial charge is 0.254 e. The monoisotopic (exact) mass is 424 g/mol. The summed E-state index contributed by atoms with van der Waals surface area (Å²) >= 11 is 6.28. The highest BCUT2D eigenvalue weighted by molar-refractivity contribution is 6.32. The first-order chi connectivity index (χ1) is 14.5. The molecule has 4 atom stereocenters. The number of hydrogen-bond acceptors (Lipinski definition) is 4. The van der Waals surface area contributed by atoms with E-state index in [4.69, 9.17) is 16.3 Å². The molecule has 1 heterocycles. The van der Waals surface area contributed by atoms with Gasteiger partial charge in [0.2, 0.25) is 0 Å². The minimum Gasteiger partial charge on any atom is -0.487 e. The summed E-state index contributed by atoms with van der Waals surface area (Å²) in [6.45, 7) is 0.0513.